The Balaban J connectivity index is -0.000000392. The first-order valence-electron chi connectivity index (χ1n) is 7.15. The van der Waals surface area contributed by atoms with Gasteiger partial charge >= 0.3 is 89.5 Å². The molecule has 0 unspecified atom stereocenters. The Morgan fingerprint density at radius 1 is 0.833 bits per heavy atom. The standard InChI is InChI=1S/4C3H7.C2H4O2.H3N.Sn/c4*1-3-2;1-2(3)4;;/h4*1,3H2,2H3;1H3,(H,3,4);1H3;. The first-order valence-corrected chi connectivity index (χ1v) is 15.2. The molecule has 18 heavy (non-hydrogen) atoms. The van der Waals surface area contributed by atoms with Crippen molar-refractivity contribution in [1.29, 1.82) is 0 Å². The summed E-state index contributed by atoms with van der Waals surface area (Å²) in [5.74, 6) is -1.08. The zero-order chi connectivity index (χ0) is 13.7. The zero-order valence-electron chi connectivity index (χ0n) is 13.5. The number of carbonyl (C=O) groups is 1. The summed E-state index contributed by atoms with van der Waals surface area (Å²) < 4.78 is 6.63. The Bertz CT molecular complexity index is 153. The molecule has 112 valence electrons. The monoisotopic (exact) mass is 369 g/mol. The second kappa shape index (κ2) is 15.3. The van der Waals surface area contributed by atoms with Crippen LogP contribution in [-0.2, 0) is 4.79 Å². The molecule has 0 aliphatic carbocycles. The van der Waals surface area contributed by atoms with E-state index in [1.807, 2.05) is 0 Å². The molecule has 0 spiro atoms. The summed E-state index contributed by atoms with van der Waals surface area (Å²) in [5, 5.41) is 8.89. The van der Waals surface area contributed by atoms with Crippen molar-refractivity contribution in [2.24, 2.45) is 0 Å². The van der Waals surface area contributed by atoms with E-state index in [9.17, 15) is 0 Å². The molecule has 0 radical (unpaired) electrons. The molecule has 0 saturated heterocycles. The van der Waals surface area contributed by atoms with Gasteiger partial charge in [-0.25, -0.2) is 0 Å². The number of aliphatic carboxylic acids is 1. The van der Waals surface area contributed by atoms with Gasteiger partial charge in [-0.15, -0.1) is 0 Å². The van der Waals surface area contributed by atoms with Crippen molar-refractivity contribution in [1.82, 2.24) is 6.15 Å². The van der Waals surface area contributed by atoms with Crippen LogP contribution in [0.15, 0.2) is 0 Å². The second-order valence-electron chi connectivity index (χ2n) is 4.99. The number of carbonyl (C=O) groups excluding carboxylic acids is 1. The molecule has 0 aromatic heterocycles. The quantitative estimate of drug-likeness (QED) is 0.652. The topological polar surface area (TPSA) is 76.6 Å². The van der Waals surface area contributed by atoms with E-state index in [-0.39, 0.29) is 6.15 Å². The number of quaternary nitrogens is 1. The van der Waals surface area contributed by atoms with E-state index >= 15 is 0 Å². The van der Waals surface area contributed by atoms with E-state index in [1.54, 1.807) is 17.7 Å². The van der Waals surface area contributed by atoms with E-state index < -0.39 is 24.3 Å². The third-order valence-corrected chi connectivity index (χ3v) is 20.9. The van der Waals surface area contributed by atoms with Crippen LogP contribution in [0.3, 0.4) is 0 Å². The summed E-state index contributed by atoms with van der Waals surface area (Å²) in [6.45, 7) is 10.5. The summed E-state index contributed by atoms with van der Waals surface area (Å²) in [6.07, 6.45) is 5.82. The predicted molar refractivity (Wildman–Crippen MR) is 82.8 cm³/mol. The predicted octanol–water partition coefficient (Wildman–Crippen LogP) is 4.21. The number of rotatable bonds is 8. The van der Waals surface area contributed by atoms with Gasteiger partial charge in [-0.2, -0.15) is 0 Å². The van der Waals surface area contributed by atoms with Crippen molar-refractivity contribution in [2.75, 3.05) is 0 Å². The average molecular weight is 368 g/mol. The number of hydrogen-bond donors (Lipinski definition) is 1. The van der Waals surface area contributed by atoms with Gasteiger partial charge in [0.15, 0.2) is 0 Å². The molecule has 3 nitrogen and oxygen atoms in total. The average Bonchev–Trinajstić information content (AvgIpc) is 2.18. The van der Waals surface area contributed by atoms with Gasteiger partial charge in [0.2, 0.25) is 0 Å². The third-order valence-electron chi connectivity index (χ3n) is 3.12. The summed E-state index contributed by atoms with van der Waals surface area (Å²) in [4.78, 5) is 8.89. The van der Waals surface area contributed by atoms with Crippen molar-refractivity contribution >= 4 is 24.3 Å². The smallest absolute Gasteiger partial charge is 0.369 e. The fourth-order valence-corrected chi connectivity index (χ4v) is 19.3. The third kappa shape index (κ3) is 14.3. The van der Waals surface area contributed by atoms with Crippen LogP contribution in [0.5, 0.6) is 0 Å². The van der Waals surface area contributed by atoms with Gasteiger partial charge in [0, 0.05) is 5.97 Å². The molecule has 0 fully saturated rings. The zero-order valence-corrected chi connectivity index (χ0v) is 16.3. The Morgan fingerprint density at radius 3 is 1.11 bits per heavy atom. The molecule has 0 bridgehead atoms. The van der Waals surface area contributed by atoms with Crippen LogP contribution in [0.1, 0.15) is 60.3 Å². The molecule has 0 rings (SSSR count). The summed E-state index contributed by atoms with van der Waals surface area (Å²) >= 11 is -1.56. The molecule has 0 heterocycles. The molecular formula is C14H35NO2Sn. The van der Waals surface area contributed by atoms with Gasteiger partial charge in [-0.3, -0.25) is 0 Å². The Hall–Kier alpha value is 0.229. The largest absolute Gasteiger partial charge is 0.369 e. The van der Waals surface area contributed by atoms with Crippen LogP contribution < -0.4 is 11.3 Å². The molecule has 0 aromatic carbocycles. The van der Waals surface area contributed by atoms with Gasteiger partial charge in [0.1, 0.15) is 0 Å². The van der Waals surface area contributed by atoms with Gasteiger partial charge < -0.3 is 16.1 Å². The molecule has 4 heteroatoms. The normalized spacial score (nSPS) is 10.1. The summed E-state index contributed by atoms with van der Waals surface area (Å²) in [7, 11) is 0. The number of carboxylic acids is 1. The van der Waals surface area contributed by atoms with Crippen molar-refractivity contribution in [3.8, 4) is 0 Å². The van der Waals surface area contributed by atoms with E-state index in [0.29, 0.717) is 0 Å². The van der Waals surface area contributed by atoms with E-state index in [4.69, 9.17) is 9.90 Å². The Labute approximate surface area is 118 Å². The first kappa shape index (κ1) is 23.3. The minimum atomic E-state index is -1.56. The van der Waals surface area contributed by atoms with Crippen molar-refractivity contribution < 1.29 is 9.90 Å². The molecule has 0 atom stereocenters. The van der Waals surface area contributed by atoms with Crippen LogP contribution in [0, 0.1) is 0 Å². The molecule has 0 aliphatic rings. The summed E-state index contributed by atoms with van der Waals surface area (Å²) in [5.41, 5.74) is 0. The van der Waals surface area contributed by atoms with Crippen LogP contribution in [0.2, 0.25) is 17.7 Å². The van der Waals surface area contributed by atoms with Crippen LogP contribution >= 0.6 is 0 Å². The first-order chi connectivity index (χ1) is 7.97. The van der Waals surface area contributed by atoms with Crippen molar-refractivity contribution in [2.45, 2.75) is 78.0 Å². The number of carboxylic acid groups (broad SMARTS) is 1. The number of hydrogen-bond acceptors (Lipinski definition) is 2. The van der Waals surface area contributed by atoms with Gasteiger partial charge in [0.05, 0.1) is 0 Å². The van der Waals surface area contributed by atoms with Crippen molar-refractivity contribution in [3.05, 3.63) is 0 Å². The van der Waals surface area contributed by atoms with Crippen LogP contribution in [0.4, 0.5) is 0 Å². The fourth-order valence-electron chi connectivity index (χ4n) is 2.87. The second-order valence-corrected chi connectivity index (χ2v) is 19.3. The SMILES string of the molecule is CC(=O)[O-].CC[CH2][Sn]([CH2]CC)([CH2]CC)[CH2]CC.[NH4+]. The Kier molecular flexibility index (Phi) is 19.8. The van der Waals surface area contributed by atoms with Gasteiger partial charge in [0.25, 0.3) is 0 Å². The van der Waals surface area contributed by atoms with E-state index in [2.05, 4.69) is 27.7 Å². The molecule has 0 saturated carbocycles. The molecule has 0 aromatic rings. The van der Waals surface area contributed by atoms with Gasteiger partial charge in [-0.05, 0) is 6.92 Å². The van der Waals surface area contributed by atoms with Crippen LogP contribution in [-0.4, -0.2) is 24.3 Å². The van der Waals surface area contributed by atoms with Gasteiger partial charge in [-0.1, -0.05) is 0 Å². The Morgan fingerprint density at radius 2 is 1.00 bits per heavy atom. The molecule has 4 N–H and O–H groups in total. The maximum atomic E-state index is 8.89. The molecule has 0 amide bonds. The van der Waals surface area contributed by atoms with E-state index in [0.717, 1.165) is 6.92 Å². The molecule has 0 aliphatic heterocycles. The fraction of sp³-hybridized carbons (Fsp3) is 0.929. The minimum absolute atomic E-state index is 0. The van der Waals surface area contributed by atoms with E-state index in [1.165, 1.54) is 25.7 Å². The maximum absolute atomic E-state index is 8.89. The summed E-state index contributed by atoms with van der Waals surface area (Å²) in [6, 6.07) is 0. The van der Waals surface area contributed by atoms with Crippen LogP contribution in [0.25, 0.3) is 0 Å². The maximum Gasteiger partial charge on any atom is -0.369 e. The molecular weight excluding hydrogens is 333 g/mol. The minimum Gasteiger partial charge on any atom is -0.369 e. The van der Waals surface area contributed by atoms with Crippen molar-refractivity contribution in [3.63, 3.8) is 0 Å².